The van der Waals surface area contributed by atoms with Crippen molar-refractivity contribution in [2.75, 3.05) is 11.4 Å². The Morgan fingerprint density at radius 3 is 2.73 bits per heavy atom. The maximum atomic E-state index is 13.6. The first-order chi connectivity index (χ1) is 14.6. The minimum atomic E-state index is -0.254. The molecule has 4 rings (SSSR count). The van der Waals surface area contributed by atoms with Gasteiger partial charge in [-0.15, -0.1) is 10.2 Å². The van der Waals surface area contributed by atoms with Crippen molar-refractivity contribution >= 4 is 17.5 Å². The molecule has 2 aliphatic rings. The van der Waals surface area contributed by atoms with Crippen LogP contribution in [-0.2, 0) is 29.0 Å². The summed E-state index contributed by atoms with van der Waals surface area (Å²) in [5.74, 6) is 0.479. The van der Waals surface area contributed by atoms with Crippen molar-refractivity contribution < 1.29 is 9.59 Å². The number of para-hydroxylation sites is 1. The Kier molecular flexibility index (Phi) is 6.16. The van der Waals surface area contributed by atoms with Crippen LogP contribution in [0.3, 0.4) is 0 Å². The van der Waals surface area contributed by atoms with E-state index in [0.717, 1.165) is 50.2 Å². The van der Waals surface area contributed by atoms with E-state index >= 15 is 0 Å². The molecule has 160 valence electrons. The van der Waals surface area contributed by atoms with E-state index in [0.29, 0.717) is 13.0 Å². The first kappa shape index (κ1) is 20.6. The minimum absolute atomic E-state index is 0.00394. The third kappa shape index (κ3) is 3.98. The van der Waals surface area contributed by atoms with Crippen LogP contribution < -0.4 is 10.2 Å². The molecule has 0 radical (unpaired) electrons. The van der Waals surface area contributed by atoms with Gasteiger partial charge in [-0.1, -0.05) is 31.0 Å². The van der Waals surface area contributed by atoms with E-state index in [4.69, 9.17) is 0 Å². The average molecular weight is 410 g/mol. The van der Waals surface area contributed by atoms with Crippen molar-refractivity contribution in [2.24, 2.45) is 11.8 Å². The van der Waals surface area contributed by atoms with Crippen molar-refractivity contribution in [3.63, 3.8) is 0 Å². The number of nitrogens with one attached hydrogen (secondary N) is 1. The summed E-state index contributed by atoms with van der Waals surface area (Å²) in [6, 6.07) is 8.27. The molecule has 7 nitrogen and oxygen atoms in total. The van der Waals surface area contributed by atoms with Crippen LogP contribution in [0.4, 0.5) is 5.69 Å². The highest BCUT2D eigenvalue weighted by Gasteiger charge is 2.41. The topological polar surface area (TPSA) is 80.1 Å². The normalized spacial score (nSPS) is 23.3. The fourth-order valence-electron chi connectivity index (χ4n) is 4.99. The molecule has 0 spiro atoms. The van der Waals surface area contributed by atoms with Gasteiger partial charge in [0.05, 0.1) is 5.92 Å². The Labute approximate surface area is 177 Å². The van der Waals surface area contributed by atoms with Gasteiger partial charge in [-0.3, -0.25) is 9.59 Å². The van der Waals surface area contributed by atoms with Gasteiger partial charge in [0, 0.05) is 37.2 Å². The van der Waals surface area contributed by atoms with Crippen molar-refractivity contribution in [1.29, 1.82) is 0 Å². The molecule has 7 heteroatoms. The molecular weight excluding hydrogens is 378 g/mol. The monoisotopic (exact) mass is 409 g/mol. The van der Waals surface area contributed by atoms with E-state index in [1.807, 2.05) is 34.6 Å². The lowest BCUT2D eigenvalue weighted by atomic mass is 9.77. The van der Waals surface area contributed by atoms with E-state index in [-0.39, 0.29) is 29.7 Å². The van der Waals surface area contributed by atoms with Gasteiger partial charge < -0.3 is 14.8 Å². The van der Waals surface area contributed by atoms with Gasteiger partial charge in [0.1, 0.15) is 12.2 Å². The Morgan fingerprint density at radius 2 is 1.93 bits per heavy atom. The van der Waals surface area contributed by atoms with Gasteiger partial charge in [-0.05, 0) is 44.7 Å². The summed E-state index contributed by atoms with van der Waals surface area (Å²) in [6.07, 6.45) is 6.79. The molecule has 1 aliphatic heterocycles. The Hall–Kier alpha value is -2.70. The smallest absolute Gasteiger partial charge is 0.231 e. The van der Waals surface area contributed by atoms with Crippen LogP contribution >= 0.6 is 0 Å². The van der Waals surface area contributed by atoms with Gasteiger partial charge in [-0.25, -0.2) is 0 Å². The highest BCUT2D eigenvalue weighted by Crippen LogP contribution is 2.38. The summed E-state index contributed by atoms with van der Waals surface area (Å²) in [5, 5.41) is 11.1. The van der Waals surface area contributed by atoms with Gasteiger partial charge >= 0.3 is 0 Å². The standard InChI is InChI=1S/C23H31N5O2/c1-3-27-15-25-26-21(27)12-13-24-22(29)18-9-5-6-10-19(18)23(30)28-16(2)14-17-8-4-7-11-20(17)28/h4,7-8,11,15-16,18-19H,3,5-6,9-10,12-14H2,1-2H3,(H,24,29). The summed E-state index contributed by atoms with van der Waals surface area (Å²) in [4.78, 5) is 28.5. The van der Waals surface area contributed by atoms with Gasteiger partial charge in [0.2, 0.25) is 11.8 Å². The summed E-state index contributed by atoms with van der Waals surface area (Å²) in [7, 11) is 0. The maximum absolute atomic E-state index is 13.6. The minimum Gasteiger partial charge on any atom is -0.355 e. The third-order valence-corrected chi connectivity index (χ3v) is 6.55. The second-order valence-corrected chi connectivity index (χ2v) is 8.46. The predicted octanol–water partition coefficient (Wildman–Crippen LogP) is 2.74. The molecular formula is C23H31N5O2. The Morgan fingerprint density at radius 1 is 1.17 bits per heavy atom. The zero-order chi connectivity index (χ0) is 21.1. The molecule has 2 heterocycles. The second-order valence-electron chi connectivity index (χ2n) is 8.46. The number of aryl methyl sites for hydroxylation is 1. The van der Waals surface area contributed by atoms with E-state index in [2.05, 4.69) is 28.5 Å². The fraction of sp³-hybridized carbons (Fsp3) is 0.565. The van der Waals surface area contributed by atoms with Crippen LogP contribution in [0.1, 0.15) is 50.9 Å². The maximum Gasteiger partial charge on any atom is 0.231 e. The largest absolute Gasteiger partial charge is 0.355 e. The Bertz CT molecular complexity index is 909. The van der Waals surface area contributed by atoms with E-state index in [1.165, 1.54) is 5.56 Å². The zero-order valence-corrected chi connectivity index (χ0v) is 17.9. The van der Waals surface area contributed by atoms with Crippen molar-refractivity contribution in [2.45, 2.75) is 65.0 Å². The number of anilines is 1. The lowest BCUT2D eigenvalue weighted by Gasteiger charge is -2.34. The molecule has 2 aromatic rings. The first-order valence-electron chi connectivity index (χ1n) is 11.2. The summed E-state index contributed by atoms with van der Waals surface area (Å²) in [6.45, 7) is 5.46. The van der Waals surface area contributed by atoms with Crippen LogP contribution in [0.25, 0.3) is 0 Å². The first-order valence-corrected chi connectivity index (χ1v) is 11.2. The number of hydrogen-bond acceptors (Lipinski definition) is 4. The van der Waals surface area contributed by atoms with Gasteiger partial charge in [0.25, 0.3) is 0 Å². The second kappa shape index (κ2) is 8.98. The zero-order valence-electron chi connectivity index (χ0n) is 17.9. The lowest BCUT2D eigenvalue weighted by molar-refractivity contribution is -0.135. The molecule has 1 N–H and O–H groups in total. The molecule has 1 fully saturated rings. The lowest BCUT2D eigenvalue weighted by Crippen LogP contribution is -2.47. The van der Waals surface area contributed by atoms with E-state index in [9.17, 15) is 9.59 Å². The summed E-state index contributed by atoms with van der Waals surface area (Å²) < 4.78 is 1.98. The molecule has 1 aliphatic carbocycles. The summed E-state index contributed by atoms with van der Waals surface area (Å²) >= 11 is 0. The Balaban J connectivity index is 1.42. The molecule has 1 aromatic carbocycles. The quantitative estimate of drug-likeness (QED) is 0.796. The highest BCUT2D eigenvalue weighted by molar-refractivity contribution is 6.00. The molecule has 30 heavy (non-hydrogen) atoms. The van der Waals surface area contributed by atoms with Gasteiger partial charge in [-0.2, -0.15) is 0 Å². The number of amides is 2. The number of nitrogens with zero attached hydrogens (tertiary/aromatic N) is 4. The van der Waals surface area contributed by atoms with Crippen LogP contribution in [-0.4, -0.2) is 39.2 Å². The number of hydrogen-bond donors (Lipinski definition) is 1. The number of carbonyl (C=O) groups excluding carboxylic acids is 2. The number of benzene rings is 1. The molecule has 3 atom stereocenters. The number of aromatic nitrogens is 3. The van der Waals surface area contributed by atoms with Crippen LogP contribution in [0.2, 0.25) is 0 Å². The molecule has 0 bridgehead atoms. The van der Waals surface area contributed by atoms with E-state index < -0.39 is 0 Å². The SMILES string of the molecule is CCn1cnnc1CCNC(=O)C1CCCCC1C(=O)N1c2ccccc2CC1C. The van der Waals surface area contributed by atoms with E-state index in [1.54, 1.807) is 6.33 Å². The summed E-state index contributed by atoms with van der Waals surface area (Å²) in [5.41, 5.74) is 2.23. The van der Waals surface area contributed by atoms with Crippen molar-refractivity contribution in [1.82, 2.24) is 20.1 Å². The number of carbonyl (C=O) groups is 2. The highest BCUT2D eigenvalue weighted by atomic mass is 16.2. The van der Waals surface area contributed by atoms with Crippen molar-refractivity contribution in [3.8, 4) is 0 Å². The van der Waals surface area contributed by atoms with Crippen LogP contribution in [0, 0.1) is 11.8 Å². The molecule has 0 saturated heterocycles. The molecule has 1 saturated carbocycles. The average Bonchev–Trinajstić information content (AvgIpc) is 3.36. The molecule has 2 amide bonds. The van der Waals surface area contributed by atoms with Crippen LogP contribution in [0.15, 0.2) is 30.6 Å². The molecule has 3 unspecified atom stereocenters. The number of fused-ring (bicyclic) bond motifs is 1. The van der Waals surface area contributed by atoms with Crippen LogP contribution in [0.5, 0.6) is 0 Å². The third-order valence-electron chi connectivity index (χ3n) is 6.55. The number of rotatable bonds is 6. The molecule has 1 aromatic heterocycles. The van der Waals surface area contributed by atoms with Crippen molar-refractivity contribution in [3.05, 3.63) is 42.0 Å². The fourth-order valence-corrected chi connectivity index (χ4v) is 4.99. The predicted molar refractivity (Wildman–Crippen MR) is 115 cm³/mol. The van der Waals surface area contributed by atoms with Gasteiger partial charge in [0.15, 0.2) is 0 Å².